The van der Waals surface area contributed by atoms with Crippen LogP contribution in [-0.4, -0.2) is 62.9 Å². The van der Waals surface area contributed by atoms with Crippen molar-refractivity contribution in [3.05, 3.63) is 23.8 Å². The summed E-state index contributed by atoms with van der Waals surface area (Å²) in [6, 6.07) is 7.42. The molecule has 1 aromatic carbocycles. The molecule has 2 heterocycles. The summed E-state index contributed by atoms with van der Waals surface area (Å²) in [4.78, 5) is 7.88. The van der Waals surface area contributed by atoms with Gasteiger partial charge in [-0.1, -0.05) is 34.6 Å². The summed E-state index contributed by atoms with van der Waals surface area (Å²) >= 11 is 0. The van der Waals surface area contributed by atoms with Gasteiger partial charge in [0.25, 0.3) is 0 Å². The Kier molecular flexibility index (Phi) is 7.36. The average Bonchev–Trinajstić information content (AvgIpc) is 2.71. The second-order valence-corrected chi connectivity index (χ2v) is 12.8. The maximum absolute atomic E-state index is 6.03. The van der Waals surface area contributed by atoms with Gasteiger partial charge in [0, 0.05) is 50.6 Å². The molecular formula is C29H49N3O. The van der Waals surface area contributed by atoms with Crippen LogP contribution in [0.15, 0.2) is 18.2 Å². The molecule has 0 aromatic heterocycles. The molecule has 1 aliphatic carbocycles. The highest BCUT2D eigenvalue weighted by molar-refractivity contribution is 5.64. The molecule has 186 valence electrons. The highest BCUT2D eigenvalue weighted by Gasteiger charge is 2.40. The number of piperazine rings is 1. The van der Waals surface area contributed by atoms with E-state index in [1.807, 2.05) is 0 Å². The van der Waals surface area contributed by atoms with E-state index in [0.717, 1.165) is 26.2 Å². The molecule has 1 aromatic rings. The van der Waals surface area contributed by atoms with Crippen LogP contribution in [0.3, 0.4) is 0 Å². The SMILES string of the molecule is CCCN1CCN(c2ccc(N3C[C@@H](C)O[C@@H](C)C3)cc2C2CC(C)(C)CC(C)(C)C2)CC1. The van der Waals surface area contributed by atoms with Crippen LogP contribution in [0.5, 0.6) is 0 Å². The summed E-state index contributed by atoms with van der Waals surface area (Å²) in [7, 11) is 0. The van der Waals surface area contributed by atoms with Crippen LogP contribution in [0, 0.1) is 10.8 Å². The van der Waals surface area contributed by atoms with Crippen molar-refractivity contribution in [2.45, 2.75) is 92.3 Å². The third kappa shape index (κ3) is 6.06. The Bertz CT molecular complexity index is 770. The Hall–Kier alpha value is -1.26. The summed E-state index contributed by atoms with van der Waals surface area (Å²) in [6.07, 6.45) is 5.73. The van der Waals surface area contributed by atoms with Gasteiger partial charge in [-0.25, -0.2) is 0 Å². The first-order valence-electron chi connectivity index (χ1n) is 13.6. The number of benzene rings is 1. The van der Waals surface area contributed by atoms with Crippen molar-refractivity contribution in [3.63, 3.8) is 0 Å². The minimum Gasteiger partial charge on any atom is -0.372 e. The van der Waals surface area contributed by atoms with Crippen LogP contribution in [0.25, 0.3) is 0 Å². The molecule has 0 bridgehead atoms. The Balaban J connectivity index is 1.66. The van der Waals surface area contributed by atoms with Gasteiger partial charge in [-0.15, -0.1) is 0 Å². The summed E-state index contributed by atoms with van der Waals surface area (Å²) in [6.45, 7) is 24.5. The normalized spacial score (nSPS) is 28.8. The van der Waals surface area contributed by atoms with Gasteiger partial charge in [-0.05, 0) is 86.6 Å². The molecule has 3 fully saturated rings. The first-order valence-corrected chi connectivity index (χ1v) is 13.6. The third-order valence-corrected chi connectivity index (χ3v) is 8.04. The van der Waals surface area contributed by atoms with Gasteiger partial charge >= 0.3 is 0 Å². The van der Waals surface area contributed by atoms with Gasteiger partial charge in [0.2, 0.25) is 0 Å². The van der Waals surface area contributed by atoms with Crippen LogP contribution in [0.4, 0.5) is 11.4 Å². The zero-order valence-electron chi connectivity index (χ0n) is 22.5. The molecule has 2 saturated heterocycles. The summed E-state index contributed by atoms with van der Waals surface area (Å²) in [5.41, 5.74) is 5.27. The Morgan fingerprint density at radius 3 is 2.06 bits per heavy atom. The number of ether oxygens (including phenoxy) is 1. The van der Waals surface area contributed by atoms with Gasteiger partial charge in [-0.2, -0.15) is 0 Å². The van der Waals surface area contributed by atoms with Crippen LogP contribution in [0.1, 0.15) is 85.6 Å². The predicted octanol–water partition coefficient (Wildman–Crippen LogP) is 6.15. The van der Waals surface area contributed by atoms with E-state index in [1.54, 1.807) is 5.56 Å². The van der Waals surface area contributed by atoms with E-state index >= 15 is 0 Å². The minimum atomic E-state index is 0.288. The lowest BCUT2D eigenvalue weighted by atomic mass is 9.60. The quantitative estimate of drug-likeness (QED) is 0.530. The average molecular weight is 456 g/mol. The lowest BCUT2D eigenvalue weighted by Gasteiger charge is -2.47. The van der Waals surface area contributed by atoms with Crippen molar-refractivity contribution >= 4 is 11.4 Å². The number of anilines is 2. The van der Waals surface area contributed by atoms with E-state index in [2.05, 4.69) is 81.4 Å². The molecular weight excluding hydrogens is 406 g/mol. The van der Waals surface area contributed by atoms with Gasteiger partial charge < -0.3 is 14.5 Å². The van der Waals surface area contributed by atoms with E-state index in [-0.39, 0.29) is 12.2 Å². The maximum Gasteiger partial charge on any atom is 0.0726 e. The van der Waals surface area contributed by atoms with Crippen molar-refractivity contribution in [2.75, 3.05) is 55.6 Å². The van der Waals surface area contributed by atoms with Gasteiger partial charge in [-0.3, -0.25) is 4.90 Å². The lowest BCUT2D eigenvalue weighted by Crippen LogP contribution is -2.47. The van der Waals surface area contributed by atoms with Crippen molar-refractivity contribution in [1.82, 2.24) is 4.90 Å². The highest BCUT2D eigenvalue weighted by Crippen LogP contribution is 2.53. The van der Waals surface area contributed by atoms with Gasteiger partial charge in [0.15, 0.2) is 0 Å². The van der Waals surface area contributed by atoms with E-state index < -0.39 is 0 Å². The number of rotatable bonds is 5. The lowest BCUT2D eigenvalue weighted by molar-refractivity contribution is -0.00522. The van der Waals surface area contributed by atoms with Gasteiger partial charge in [0.05, 0.1) is 12.2 Å². The smallest absolute Gasteiger partial charge is 0.0726 e. The molecule has 0 spiro atoms. The number of morpholine rings is 1. The Labute approximate surface area is 203 Å². The molecule has 0 unspecified atom stereocenters. The molecule has 3 aliphatic rings. The molecule has 0 radical (unpaired) electrons. The largest absolute Gasteiger partial charge is 0.372 e. The molecule has 0 amide bonds. The van der Waals surface area contributed by atoms with E-state index in [0.29, 0.717) is 16.7 Å². The molecule has 2 aliphatic heterocycles. The molecule has 2 atom stereocenters. The number of nitrogens with zero attached hydrogens (tertiary/aromatic N) is 3. The van der Waals surface area contributed by atoms with Gasteiger partial charge in [0.1, 0.15) is 0 Å². The van der Waals surface area contributed by atoms with Crippen LogP contribution in [0.2, 0.25) is 0 Å². The fraction of sp³-hybridized carbons (Fsp3) is 0.793. The van der Waals surface area contributed by atoms with E-state index in [9.17, 15) is 0 Å². The topological polar surface area (TPSA) is 19.0 Å². The standard InChI is InChI=1S/C29H49N3O/c1-8-11-30-12-14-31(15-13-30)27-10-9-25(32-19-22(2)33-23(3)20-32)16-26(27)24-17-28(4,5)21-29(6,7)18-24/h9-10,16,22-24H,8,11-15,17-21H2,1-7H3/t22-,23+. The molecule has 4 rings (SSSR count). The predicted molar refractivity (Wildman–Crippen MR) is 142 cm³/mol. The zero-order valence-corrected chi connectivity index (χ0v) is 22.5. The second-order valence-electron chi connectivity index (χ2n) is 12.8. The van der Waals surface area contributed by atoms with E-state index in [1.165, 1.54) is 56.7 Å². The summed E-state index contributed by atoms with van der Waals surface area (Å²) in [5.74, 6) is 0.628. The van der Waals surface area contributed by atoms with Crippen molar-refractivity contribution in [3.8, 4) is 0 Å². The first-order chi connectivity index (χ1) is 15.5. The fourth-order valence-corrected chi connectivity index (χ4v) is 7.34. The summed E-state index contributed by atoms with van der Waals surface area (Å²) in [5, 5.41) is 0. The van der Waals surface area contributed by atoms with Crippen LogP contribution in [-0.2, 0) is 4.74 Å². The number of hydrogen-bond donors (Lipinski definition) is 0. The van der Waals surface area contributed by atoms with Crippen molar-refractivity contribution < 1.29 is 4.74 Å². The molecule has 4 nitrogen and oxygen atoms in total. The third-order valence-electron chi connectivity index (χ3n) is 8.04. The van der Waals surface area contributed by atoms with Crippen molar-refractivity contribution in [1.29, 1.82) is 0 Å². The number of hydrogen-bond acceptors (Lipinski definition) is 4. The monoisotopic (exact) mass is 455 g/mol. The molecule has 33 heavy (non-hydrogen) atoms. The van der Waals surface area contributed by atoms with Crippen LogP contribution < -0.4 is 9.80 Å². The van der Waals surface area contributed by atoms with Crippen molar-refractivity contribution in [2.24, 2.45) is 10.8 Å². The minimum absolute atomic E-state index is 0.288. The molecule has 1 saturated carbocycles. The fourth-order valence-electron chi connectivity index (χ4n) is 7.34. The van der Waals surface area contributed by atoms with Crippen LogP contribution >= 0.6 is 0 Å². The Morgan fingerprint density at radius 1 is 0.879 bits per heavy atom. The first kappa shape index (κ1) is 24.9. The Morgan fingerprint density at radius 2 is 1.48 bits per heavy atom. The second kappa shape index (κ2) is 9.77. The highest BCUT2D eigenvalue weighted by atomic mass is 16.5. The molecule has 4 heteroatoms. The molecule has 0 N–H and O–H groups in total. The van der Waals surface area contributed by atoms with E-state index in [4.69, 9.17) is 4.74 Å². The zero-order chi connectivity index (χ0) is 23.8. The maximum atomic E-state index is 6.03. The summed E-state index contributed by atoms with van der Waals surface area (Å²) < 4.78 is 6.03.